The van der Waals surface area contributed by atoms with Crippen LogP contribution in [0.3, 0.4) is 0 Å². The molecular formula is C20H35IN4OS. The molecule has 0 saturated carbocycles. The number of methoxy groups -OCH3 is 1. The van der Waals surface area contributed by atoms with Crippen molar-refractivity contribution in [3.05, 3.63) is 30.3 Å². The van der Waals surface area contributed by atoms with Crippen LogP contribution in [0.5, 0.6) is 0 Å². The highest BCUT2D eigenvalue weighted by molar-refractivity contribution is 14.0. The average molecular weight is 506 g/mol. The molecule has 1 aromatic rings. The molecule has 7 heteroatoms. The lowest BCUT2D eigenvalue weighted by Crippen LogP contribution is -2.49. The normalized spacial score (nSPS) is 17.2. The minimum absolute atomic E-state index is 0. The maximum Gasteiger partial charge on any atom is 0.191 e. The highest BCUT2D eigenvalue weighted by Crippen LogP contribution is 2.21. The molecule has 2 N–H and O–H groups in total. The molecule has 0 bridgehead atoms. The van der Waals surface area contributed by atoms with Gasteiger partial charge in [0.25, 0.3) is 0 Å². The van der Waals surface area contributed by atoms with Gasteiger partial charge in [-0.3, -0.25) is 4.99 Å². The second kappa shape index (κ2) is 14.5. The highest BCUT2D eigenvalue weighted by atomic mass is 127. The minimum Gasteiger partial charge on any atom is -0.385 e. The Bertz CT molecular complexity index is 524. The lowest BCUT2D eigenvalue weighted by Gasteiger charge is -2.33. The molecule has 0 spiro atoms. The van der Waals surface area contributed by atoms with E-state index < -0.39 is 0 Å². The zero-order chi connectivity index (χ0) is 18.6. The van der Waals surface area contributed by atoms with Gasteiger partial charge in [-0.25, -0.2) is 0 Å². The van der Waals surface area contributed by atoms with E-state index >= 15 is 0 Å². The van der Waals surface area contributed by atoms with Crippen LogP contribution >= 0.6 is 35.7 Å². The summed E-state index contributed by atoms with van der Waals surface area (Å²) in [6.45, 7) is 7.44. The van der Waals surface area contributed by atoms with Crippen LogP contribution in [0.4, 0.5) is 0 Å². The zero-order valence-corrected chi connectivity index (χ0v) is 20.0. The van der Waals surface area contributed by atoms with Gasteiger partial charge in [-0.2, -0.15) is 0 Å². The molecule has 1 aliphatic heterocycles. The average Bonchev–Trinajstić information content (AvgIpc) is 2.67. The van der Waals surface area contributed by atoms with Crippen LogP contribution in [0.2, 0.25) is 0 Å². The number of hydrogen-bond acceptors (Lipinski definition) is 4. The summed E-state index contributed by atoms with van der Waals surface area (Å²) in [6, 6.07) is 11.1. The molecule has 0 amide bonds. The molecule has 1 unspecified atom stereocenters. The number of rotatable bonds is 9. The number of aliphatic imine (C=N–C) groups is 1. The summed E-state index contributed by atoms with van der Waals surface area (Å²) in [5.74, 6) is 0.920. The second-order valence-corrected chi connectivity index (χ2v) is 8.31. The SMILES string of the molecule is CN=C(NCC(C)Sc1ccccc1)NC1CCN(CCCOC)CC1.I. The molecule has 1 fully saturated rings. The third-order valence-corrected chi connectivity index (χ3v) is 5.73. The molecular weight excluding hydrogens is 471 g/mol. The van der Waals surface area contributed by atoms with Crippen molar-refractivity contribution in [1.82, 2.24) is 15.5 Å². The maximum absolute atomic E-state index is 5.14. The Morgan fingerprint density at radius 2 is 2.00 bits per heavy atom. The number of benzene rings is 1. The third-order valence-electron chi connectivity index (χ3n) is 4.61. The number of ether oxygens (including phenoxy) is 1. The Labute approximate surface area is 186 Å². The van der Waals surface area contributed by atoms with Gasteiger partial charge >= 0.3 is 0 Å². The van der Waals surface area contributed by atoms with Gasteiger partial charge in [0.05, 0.1) is 0 Å². The number of guanidine groups is 1. The number of hydrogen-bond donors (Lipinski definition) is 2. The fraction of sp³-hybridized carbons (Fsp3) is 0.650. The van der Waals surface area contributed by atoms with Crippen LogP contribution in [0.15, 0.2) is 40.2 Å². The van der Waals surface area contributed by atoms with E-state index in [9.17, 15) is 0 Å². The number of halogens is 1. The summed E-state index contributed by atoms with van der Waals surface area (Å²) in [5.41, 5.74) is 0. The van der Waals surface area contributed by atoms with Crippen LogP contribution in [-0.4, -0.2) is 69.1 Å². The molecule has 1 atom stereocenters. The van der Waals surface area contributed by atoms with Crippen molar-refractivity contribution < 1.29 is 4.74 Å². The van der Waals surface area contributed by atoms with Gasteiger partial charge in [0.15, 0.2) is 5.96 Å². The van der Waals surface area contributed by atoms with Crippen molar-refractivity contribution in [2.24, 2.45) is 4.99 Å². The van der Waals surface area contributed by atoms with E-state index in [-0.39, 0.29) is 24.0 Å². The molecule has 1 saturated heterocycles. The van der Waals surface area contributed by atoms with Crippen molar-refractivity contribution in [3.8, 4) is 0 Å². The van der Waals surface area contributed by atoms with E-state index in [1.165, 1.54) is 17.7 Å². The Morgan fingerprint density at radius 3 is 2.63 bits per heavy atom. The Kier molecular flexibility index (Phi) is 13.2. The van der Waals surface area contributed by atoms with Crippen molar-refractivity contribution >= 4 is 41.7 Å². The molecule has 154 valence electrons. The highest BCUT2D eigenvalue weighted by Gasteiger charge is 2.19. The number of nitrogens with one attached hydrogen (secondary N) is 2. The summed E-state index contributed by atoms with van der Waals surface area (Å²) in [6.07, 6.45) is 3.46. The predicted molar refractivity (Wildman–Crippen MR) is 128 cm³/mol. The van der Waals surface area contributed by atoms with Crippen LogP contribution < -0.4 is 10.6 Å². The first kappa shape index (κ1) is 24.5. The van der Waals surface area contributed by atoms with Crippen molar-refractivity contribution in [2.75, 3.05) is 46.9 Å². The van der Waals surface area contributed by atoms with E-state index in [2.05, 4.69) is 57.8 Å². The Morgan fingerprint density at radius 1 is 1.30 bits per heavy atom. The summed E-state index contributed by atoms with van der Waals surface area (Å²) < 4.78 is 5.14. The van der Waals surface area contributed by atoms with Gasteiger partial charge in [0.2, 0.25) is 0 Å². The molecule has 5 nitrogen and oxygen atoms in total. The maximum atomic E-state index is 5.14. The third kappa shape index (κ3) is 10.0. The van der Waals surface area contributed by atoms with E-state index in [1.54, 1.807) is 7.11 Å². The van der Waals surface area contributed by atoms with Crippen LogP contribution in [0, 0.1) is 0 Å². The van der Waals surface area contributed by atoms with E-state index in [1.807, 2.05) is 18.8 Å². The van der Waals surface area contributed by atoms with E-state index in [0.29, 0.717) is 11.3 Å². The number of likely N-dealkylation sites (tertiary alicyclic amines) is 1. The number of thioether (sulfide) groups is 1. The van der Waals surface area contributed by atoms with E-state index in [0.717, 1.165) is 45.2 Å². The van der Waals surface area contributed by atoms with Crippen molar-refractivity contribution in [3.63, 3.8) is 0 Å². The first-order valence-electron chi connectivity index (χ1n) is 9.61. The van der Waals surface area contributed by atoms with Gasteiger partial charge in [0.1, 0.15) is 0 Å². The predicted octanol–water partition coefficient (Wildman–Crippen LogP) is 3.45. The fourth-order valence-corrected chi connectivity index (χ4v) is 4.08. The summed E-state index contributed by atoms with van der Waals surface area (Å²) in [5, 5.41) is 7.55. The van der Waals surface area contributed by atoms with Crippen LogP contribution in [0.1, 0.15) is 26.2 Å². The van der Waals surface area contributed by atoms with Gasteiger partial charge in [0, 0.05) is 63.1 Å². The monoisotopic (exact) mass is 506 g/mol. The molecule has 0 aromatic heterocycles. The van der Waals surface area contributed by atoms with Gasteiger partial charge in [-0.1, -0.05) is 25.1 Å². The fourth-order valence-electron chi connectivity index (χ4n) is 3.13. The van der Waals surface area contributed by atoms with E-state index in [4.69, 9.17) is 4.74 Å². The zero-order valence-electron chi connectivity index (χ0n) is 16.8. The molecule has 0 radical (unpaired) electrons. The van der Waals surface area contributed by atoms with Crippen LogP contribution in [0.25, 0.3) is 0 Å². The standard InChI is InChI=1S/C20H34N4OS.HI/c1-17(26-19-8-5-4-6-9-19)16-22-20(21-2)23-18-10-13-24(14-11-18)12-7-15-25-3;/h4-6,8-9,17-18H,7,10-16H2,1-3H3,(H2,21,22,23);1H. The van der Waals surface area contributed by atoms with Crippen LogP contribution in [-0.2, 0) is 4.74 Å². The number of nitrogens with zero attached hydrogens (tertiary/aromatic N) is 2. The second-order valence-electron chi connectivity index (χ2n) is 6.80. The lowest BCUT2D eigenvalue weighted by atomic mass is 10.1. The van der Waals surface area contributed by atoms with Gasteiger partial charge in [-0.05, 0) is 31.4 Å². The Hall–Kier alpha value is -0.510. The molecule has 1 aliphatic rings. The van der Waals surface area contributed by atoms with Gasteiger partial charge in [-0.15, -0.1) is 35.7 Å². The van der Waals surface area contributed by atoms with Crippen molar-refractivity contribution in [2.45, 2.75) is 42.4 Å². The minimum atomic E-state index is 0. The van der Waals surface area contributed by atoms with Crippen molar-refractivity contribution in [1.29, 1.82) is 0 Å². The first-order chi connectivity index (χ1) is 12.7. The number of piperidine rings is 1. The molecule has 27 heavy (non-hydrogen) atoms. The summed E-state index contributed by atoms with van der Waals surface area (Å²) in [4.78, 5) is 8.24. The first-order valence-corrected chi connectivity index (χ1v) is 10.5. The summed E-state index contributed by atoms with van der Waals surface area (Å²) in [7, 11) is 3.62. The smallest absolute Gasteiger partial charge is 0.191 e. The molecule has 0 aliphatic carbocycles. The van der Waals surface area contributed by atoms with Gasteiger partial charge < -0.3 is 20.3 Å². The quantitative estimate of drug-likeness (QED) is 0.177. The molecule has 1 aromatic carbocycles. The largest absolute Gasteiger partial charge is 0.385 e. The summed E-state index contributed by atoms with van der Waals surface area (Å²) >= 11 is 1.89. The molecule has 2 rings (SSSR count). The topological polar surface area (TPSA) is 48.9 Å². The lowest BCUT2D eigenvalue weighted by molar-refractivity contribution is 0.155. The Balaban J connectivity index is 0.00000364. The molecule has 1 heterocycles.